The number of fused-ring (bicyclic) bond motifs is 6. The molecule has 4 bridgehead atoms. The predicted molar refractivity (Wildman–Crippen MR) is 116 cm³/mol. The van der Waals surface area contributed by atoms with Crippen LogP contribution in [0.2, 0.25) is 5.02 Å². The summed E-state index contributed by atoms with van der Waals surface area (Å²) in [5, 5.41) is 12.9. The van der Waals surface area contributed by atoms with Gasteiger partial charge in [0, 0.05) is 12.1 Å². The number of phenolic OH excluding ortho intramolecular Hbond substituents is 1. The molecule has 3 aromatic carbocycles. The number of aryl methyl sites for hydroxylation is 2. The number of amides is 1. The maximum Gasteiger partial charge on any atom is 0.265 e. The van der Waals surface area contributed by atoms with E-state index in [0.717, 1.165) is 33.9 Å². The second-order valence-electron chi connectivity index (χ2n) is 7.23. The van der Waals surface area contributed by atoms with Crippen LogP contribution in [0, 0.1) is 13.8 Å². The number of sulfonamides is 1. The molecule has 0 radical (unpaired) electrons. The molecule has 3 N–H and O–H groups in total. The second-order valence-corrected chi connectivity index (χ2v) is 9.29. The third-order valence-electron chi connectivity index (χ3n) is 5.14. The van der Waals surface area contributed by atoms with Crippen molar-refractivity contribution in [2.24, 2.45) is 0 Å². The fraction of sp³-hybridized carbons (Fsp3) is 0.136. The van der Waals surface area contributed by atoms with Crippen LogP contribution < -0.4 is 10.0 Å². The van der Waals surface area contributed by atoms with Gasteiger partial charge in [-0.25, -0.2) is 8.42 Å². The molecule has 0 fully saturated rings. The molecule has 0 aromatic heterocycles. The zero-order chi connectivity index (χ0) is 21.6. The topological polar surface area (TPSA) is 95.5 Å². The van der Waals surface area contributed by atoms with Crippen LogP contribution in [0.25, 0.3) is 11.1 Å². The zero-order valence-electron chi connectivity index (χ0n) is 16.3. The van der Waals surface area contributed by atoms with Crippen LogP contribution in [-0.4, -0.2) is 19.4 Å². The van der Waals surface area contributed by atoms with E-state index in [1.165, 1.54) is 6.07 Å². The number of benzene rings is 3. The van der Waals surface area contributed by atoms with E-state index >= 15 is 0 Å². The summed E-state index contributed by atoms with van der Waals surface area (Å²) in [6, 6.07) is 13.6. The first kappa shape index (κ1) is 20.3. The summed E-state index contributed by atoms with van der Waals surface area (Å²) in [4.78, 5) is 12.2. The van der Waals surface area contributed by atoms with E-state index in [-0.39, 0.29) is 17.1 Å². The minimum atomic E-state index is -4.21. The molecule has 1 heterocycles. The maximum atomic E-state index is 13.1. The average Bonchev–Trinajstić information content (AvgIpc) is 2.70. The smallest absolute Gasteiger partial charge is 0.265 e. The summed E-state index contributed by atoms with van der Waals surface area (Å²) < 4.78 is 28.7. The van der Waals surface area contributed by atoms with E-state index in [1.807, 2.05) is 37.3 Å². The number of anilines is 1. The number of rotatable bonds is 0. The van der Waals surface area contributed by atoms with E-state index in [0.29, 0.717) is 5.69 Å². The first-order chi connectivity index (χ1) is 14.2. The van der Waals surface area contributed by atoms with Gasteiger partial charge in [-0.3, -0.25) is 9.52 Å². The van der Waals surface area contributed by atoms with Gasteiger partial charge in [0.15, 0.2) is 5.75 Å². The van der Waals surface area contributed by atoms with Gasteiger partial charge in [-0.05, 0) is 59.9 Å². The fourth-order valence-corrected chi connectivity index (χ4v) is 5.12. The highest BCUT2D eigenvalue weighted by atomic mass is 35.5. The molecule has 0 saturated carbocycles. The van der Waals surface area contributed by atoms with Crippen molar-refractivity contribution in [2.75, 3.05) is 4.72 Å². The van der Waals surface area contributed by atoms with Crippen molar-refractivity contribution in [1.82, 2.24) is 5.32 Å². The minimum absolute atomic E-state index is 0.0366. The molecule has 8 heteroatoms. The summed E-state index contributed by atoms with van der Waals surface area (Å²) >= 11 is 6.03. The Morgan fingerprint density at radius 2 is 1.73 bits per heavy atom. The molecule has 1 aliphatic heterocycles. The first-order valence-corrected chi connectivity index (χ1v) is 11.1. The molecule has 4 rings (SSSR count). The second kappa shape index (κ2) is 7.34. The lowest BCUT2D eigenvalue weighted by Gasteiger charge is -2.17. The van der Waals surface area contributed by atoms with Crippen LogP contribution in [0.1, 0.15) is 27.0 Å². The van der Waals surface area contributed by atoms with Crippen molar-refractivity contribution in [3.05, 3.63) is 75.8 Å². The summed E-state index contributed by atoms with van der Waals surface area (Å²) in [6.07, 6.45) is 0. The fourth-order valence-electron chi connectivity index (χ4n) is 3.58. The van der Waals surface area contributed by atoms with Gasteiger partial charge in [0.05, 0.1) is 10.7 Å². The van der Waals surface area contributed by atoms with Gasteiger partial charge in [0.2, 0.25) is 0 Å². The molecule has 0 saturated heterocycles. The summed E-state index contributed by atoms with van der Waals surface area (Å²) in [7, 11) is -4.21. The predicted octanol–water partition coefficient (Wildman–Crippen LogP) is 4.37. The van der Waals surface area contributed by atoms with E-state index in [1.54, 1.807) is 13.0 Å². The monoisotopic (exact) mass is 442 g/mol. The number of carbonyl (C=O) groups excluding carboxylic acids is 1. The van der Waals surface area contributed by atoms with Crippen molar-refractivity contribution >= 4 is 33.2 Å². The third kappa shape index (κ3) is 3.51. The quantitative estimate of drug-likeness (QED) is 0.481. The lowest BCUT2D eigenvalue weighted by Crippen LogP contribution is -2.23. The van der Waals surface area contributed by atoms with Crippen molar-refractivity contribution in [3.63, 3.8) is 0 Å². The normalized spacial score (nSPS) is 15.0. The van der Waals surface area contributed by atoms with E-state index in [9.17, 15) is 18.3 Å². The van der Waals surface area contributed by atoms with E-state index in [4.69, 9.17) is 11.6 Å². The summed E-state index contributed by atoms with van der Waals surface area (Å²) in [6.45, 7) is 3.99. The highest BCUT2D eigenvalue weighted by Crippen LogP contribution is 2.36. The highest BCUT2D eigenvalue weighted by Gasteiger charge is 2.25. The lowest BCUT2D eigenvalue weighted by molar-refractivity contribution is 0.0950. The van der Waals surface area contributed by atoms with Gasteiger partial charge in [0.1, 0.15) is 4.90 Å². The molecule has 0 aliphatic carbocycles. The number of carbonyl (C=O) groups is 1. The van der Waals surface area contributed by atoms with Crippen molar-refractivity contribution in [1.29, 1.82) is 0 Å². The molecule has 0 atom stereocenters. The Labute approximate surface area is 179 Å². The lowest BCUT2D eigenvalue weighted by atomic mass is 9.94. The van der Waals surface area contributed by atoms with Crippen molar-refractivity contribution in [3.8, 4) is 16.9 Å². The zero-order valence-corrected chi connectivity index (χ0v) is 17.9. The van der Waals surface area contributed by atoms with E-state index in [2.05, 4.69) is 10.0 Å². The Hall–Kier alpha value is -3.03. The van der Waals surface area contributed by atoms with Gasteiger partial charge < -0.3 is 10.4 Å². The van der Waals surface area contributed by atoms with Gasteiger partial charge in [0.25, 0.3) is 15.9 Å². The van der Waals surface area contributed by atoms with Crippen LogP contribution in [0.15, 0.2) is 53.4 Å². The summed E-state index contributed by atoms with van der Waals surface area (Å²) in [5.41, 5.74) is 4.73. The van der Waals surface area contributed by atoms with Gasteiger partial charge in [-0.2, -0.15) is 0 Å². The molecule has 1 aliphatic rings. The molecule has 0 unspecified atom stereocenters. The number of hydrogen-bond donors (Lipinski definition) is 3. The third-order valence-corrected chi connectivity index (χ3v) is 6.81. The Morgan fingerprint density at radius 1 is 1.00 bits per heavy atom. The number of hydrogen-bond acceptors (Lipinski definition) is 4. The van der Waals surface area contributed by atoms with Crippen LogP contribution in [0.3, 0.4) is 0 Å². The molecule has 1 amide bonds. The standard InChI is InChI=1S/C22H19ClN2O4S/c1-12-7-13(2)19-10-17(12)16-6-4-3-5-14(16)11-24-22(27)15-8-18(23)21(26)20(9-15)30(28,29)25-19/h3-10,25-26H,11H2,1-2H3,(H,24,27). The number of halogens is 1. The Bertz CT molecular complexity index is 1300. The largest absolute Gasteiger partial charge is 0.505 e. The molecule has 154 valence electrons. The van der Waals surface area contributed by atoms with Crippen LogP contribution in [0.5, 0.6) is 5.75 Å². The molecule has 30 heavy (non-hydrogen) atoms. The Kier molecular flexibility index (Phi) is 4.95. The van der Waals surface area contributed by atoms with Crippen LogP contribution in [-0.2, 0) is 16.6 Å². The van der Waals surface area contributed by atoms with Crippen molar-refractivity contribution < 1.29 is 18.3 Å². The van der Waals surface area contributed by atoms with Gasteiger partial charge in [-0.15, -0.1) is 0 Å². The first-order valence-electron chi connectivity index (χ1n) is 9.20. The molecule has 6 nitrogen and oxygen atoms in total. The molecule has 0 spiro atoms. The van der Waals surface area contributed by atoms with Gasteiger partial charge in [-0.1, -0.05) is 41.9 Å². The number of aromatic hydroxyl groups is 1. The average molecular weight is 443 g/mol. The molecule has 3 aromatic rings. The number of phenols is 1. The molecular weight excluding hydrogens is 424 g/mol. The van der Waals surface area contributed by atoms with Crippen molar-refractivity contribution in [2.45, 2.75) is 25.3 Å². The van der Waals surface area contributed by atoms with E-state index < -0.39 is 26.6 Å². The molecular formula is C22H19ClN2O4S. The minimum Gasteiger partial charge on any atom is -0.505 e. The SMILES string of the molecule is Cc1cc(C)c2cc1NS(=O)(=O)c1cc(cc(Cl)c1O)C(=O)NCc1ccccc1-2. The summed E-state index contributed by atoms with van der Waals surface area (Å²) in [5.74, 6) is -1.11. The maximum absolute atomic E-state index is 13.1. The Balaban J connectivity index is 2.01. The van der Waals surface area contributed by atoms with Crippen LogP contribution >= 0.6 is 11.6 Å². The Morgan fingerprint density at radius 3 is 2.50 bits per heavy atom. The van der Waals surface area contributed by atoms with Crippen LogP contribution in [0.4, 0.5) is 5.69 Å². The number of nitrogens with one attached hydrogen (secondary N) is 2. The highest BCUT2D eigenvalue weighted by molar-refractivity contribution is 7.92. The van der Waals surface area contributed by atoms with Gasteiger partial charge >= 0.3 is 0 Å².